The molecule has 0 fully saturated rings. The molecule has 0 saturated heterocycles. The van der Waals surface area contributed by atoms with E-state index in [9.17, 15) is 18.4 Å². The number of rotatable bonds is 5. The third kappa shape index (κ3) is 3.60. The molecule has 2 heterocycles. The quantitative estimate of drug-likeness (QED) is 0.870. The summed E-state index contributed by atoms with van der Waals surface area (Å²) < 4.78 is 26.6. The average Bonchev–Trinajstić information content (AvgIpc) is 3.07. The van der Waals surface area contributed by atoms with Crippen LogP contribution in [-0.4, -0.2) is 33.6 Å². The largest absolute Gasteiger partial charge is 0.358 e. The Labute approximate surface area is 122 Å². The van der Waals surface area contributed by atoms with Crippen LogP contribution < -0.4 is 10.6 Å². The Morgan fingerprint density at radius 2 is 2.24 bits per heavy atom. The van der Waals surface area contributed by atoms with E-state index < -0.39 is 12.3 Å². The van der Waals surface area contributed by atoms with Crippen LogP contribution in [0.2, 0.25) is 0 Å². The molecule has 21 heavy (non-hydrogen) atoms. The number of nitrogens with zero attached hydrogens (tertiary/aromatic N) is 3. The van der Waals surface area contributed by atoms with Crippen molar-refractivity contribution in [2.45, 2.75) is 13.0 Å². The summed E-state index contributed by atoms with van der Waals surface area (Å²) >= 11 is 0.803. The molecule has 0 unspecified atom stereocenters. The van der Waals surface area contributed by atoms with Crippen molar-refractivity contribution >= 4 is 29.1 Å². The van der Waals surface area contributed by atoms with Gasteiger partial charge >= 0.3 is 0 Å². The van der Waals surface area contributed by atoms with Crippen LogP contribution in [0, 0.1) is 0 Å². The lowest BCUT2D eigenvalue weighted by molar-refractivity contribution is -0.121. The van der Waals surface area contributed by atoms with Gasteiger partial charge in [-0.15, -0.1) is 16.4 Å². The minimum absolute atomic E-state index is 0.0555. The van der Waals surface area contributed by atoms with Crippen molar-refractivity contribution in [2.24, 2.45) is 0 Å². The van der Waals surface area contributed by atoms with E-state index in [0.717, 1.165) is 11.3 Å². The number of nitrogens with one attached hydrogen (secondary N) is 2. The molecule has 2 aromatic heterocycles. The van der Waals surface area contributed by atoms with E-state index in [1.165, 1.54) is 29.5 Å². The zero-order valence-electron chi connectivity index (χ0n) is 10.8. The SMILES string of the molecule is CNC(=O)Cn1cnc(NC(=O)c2ccsc2C(F)F)n1. The summed E-state index contributed by atoms with van der Waals surface area (Å²) in [6.45, 7) is -0.0555. The maximum Gasteiger partial charge on any atom is 0.273 e. The van der Waals surface area contributed by atoms with Crippen molar-refractivity contribution in [2.75, 3.05) is 12.4 Å². The zero-order chi connectivity index (χ0) is 15.4. The summed E-state index contributed by atoms with van der Waals surface area (Å²) in [5.41, 5.74) is -0.113. The van der Waals surface area contributed by atoms with Crippen LogP contribution in [0.1, 0.15) is 21.7 Å². The van der Waals surface area contributed by atoms with Crippen molar-refractivity contribution in [3.63, 3.8) is 0 Å². The lowest BCUT2D eigenvalue weighted by atomic mass is 10.2. The highest BCUT2D eigenvalue weighted by Gasteiger charge is 2.20. The van der Waals surface area contributed by atoms with Gasteiger partial charge in [-0.3, -0.25) is 14.9 Å². The number of carbonyl (C=O) groups is 2. The molecular formula is C11H11F2N5O2S. The predicted molar refractivity (Wildman–Crippen MR) is 71.3 cm³/mol. The first kappa shape index (κ1) is 15.0. The lowest BCUT2D eigenvalue weighted by Gasteiger charge is -2.02. The molecule has 0 radical (unpaired) electrons. The molecule has 0 bridgehead atoms. The van der Waals surface area contributed by atoms with E-state index in [0.29, 0.717) is 0 Å². The van der Waals surface area contributed by atoms with E-state index in [1.807, 2.05) is 0 Å². The first-order valence-corrected chi connectivity index (χ1v) is 6.66. The van der Waals surface area contributed by atoms with Crippen molar-refractivity contribution < 1.29 is 18.4 Å². The standard InChI is InChI=1S/C11H11F2N5O2S/c1-14-7(19)4-18-5-15-11(17-18)16-10(20)6-2-3-21-8(6)9(12)13/h2-3,5,9H,4H2,1H3,(H,14,19)(H,16,17,20). The Bertz CT molecular complexity index is 655. The number of amides is 2. The van der Waals surface area contributed by atoms with Gasteiger partial charge in [0.05, 0.1) is 10.4 Å². The monoisotopic (exact) mass is 315 g/mol. The summed E-state index contributed by atoms with van der Waals surface area (Å²) in [5, 5.41) is 9.98. The average molecular weight is 315 g/mol. The fourth-order valence-corrected chi connectivity index (χ4v) is 2.24. The van der Waals surface area contributed by atoms with Crippen LogP contribution >= 0.6 is 11.3 Å². The number of hydrogen-bond donors (Lipinski definition) is 2. The summed E-state index contributed by atoms with van der Waals surface area (Å²) in [7, 11) is 1.48. The minimum atomic E-state index is -2.72. The highest BCUT2D eigenvalue weighted by Crippen LogP contribution is 2.28. The van der Waals surface area contributed by atoms with E-state index >= 15 is 0 Å². The van der Waals surface area contributed by atoms with Gasteiger partial charge in [0.25, 0.3) is 12.3 Å². The van der Waals surface area contributed by atoms with Crippen LogP contribution in [0.3, 0.4) is 0 Å². The number of carbonyl (C=O) groups excluding carboxylic acids is 2. The molecule has 2 rings (SSSR count). The molecule has 0 atom stereocenters. The molecule has 2 aromatic rings. The molecule has 10 heteroatoms. The first-order valence-electron chi connectivity index (χ1n) is 5.78. The number of thiophene rings is 1. The number of alkyl halides is 2. The number of halogens is 2. The summed E-state index contributed by atoms with van der Waals surface area (Å²) in [6, 6.07) is 1.31. The third-order valence-corrected chi connectivity index (χ3v) is 3.41. The minimum Gasteiger partial charge on any atom is -0.358 e. The molecular weight excluding hydrogens is 304 g/mol. The fraction of sp³-hybridized carbons (Fsp3) is 0.273. The molecule has 0 aromatic carbocycles. The Balaban J connectivity index is 2.06. The Kier molecular flexibility index (Phi) is 4.58. The van der Waals surface area contributed by atoms with Gasteiger partial charge in [0.1, 0.15) is 12.9 Å². The van der Waals surface area contributed by atoms with Crippen molar-refractivity contribution in [3.05, 3.63) is 28.2 Å². The van der Waals surface area contributed by atoms with Crippen LogP contribution in [0.25, 0.3) is 0 Å². The van der Waals surface area contributed by atoms with Gasteiger partial charge in [-0.25, -0.2) is 18.4 Å². The van der Waals surface area contributed by atoms with Crippen LogP contribution in [-0.2, 0) is 11.3 Å². The molecule has 112 valence electrons. The van der Waals surface area contributed by atoms with Gasteiger partial charge in [-0.2, -0.15) is 0 Å². The van der Waals surface area contributed by atoms with Gasteiger partial charge < -0.3 is 5.32 Å². The summed E-state index contributed by atoms with van der Waals surface area (Å²) in [5.74, 6) is -1.06. The maximum atomic E-state index is 12.7. The first-order chi connectivity index (χ1) is 10.0. The van der Waals surface area contributed by atoms with Crippen molar-refractivity contribution in [1.82, 2.24) is 20.1 Å². The van der Waals surface area contributed by atoms with E-state index in [-0.39, 0.29) is 28.8 Å². The van der Waals surface area contributed by atoms with E-state index in [2.05, 4.69) is 20.7 Å². The zero-order valence-corrected chi connectivity index (χ0v) is 11.7. The Morgan fingerprint density at radius 3 is 2.90 bits per heavy atom. The van der Waals surface area contributed by atoms with Crippen LogP contribution in [0.4, 0.5) is 14.7 Å². The second-order valence-electron chi connectivity index (χ2n) is 3.89. The number of hydrogen-bond acceptors (Lipinski definition) is 5. The maximum absolute atomic E-state index is 12.7. The number of likely N-dealkylation sites (N-methyl/N-ethyl adjacent to an activating group) is 1. The van der Waals surface area contributed by atoms with Crippen LogP contribution in [0.5, 0.6) is 0 Å². The second kappa shape index (κ2) is 6.39. The molecule has 0 spiro atoms. The number of anilines is 1. The van der Waals surface area contributed by atoms with Crippen molar-refractivity contribution in [1.29, 1.82) is 0 Å². The fourth-order valence-electron chi connectivity index (χ4n) is 1.50. The molecule has 0 aliphatic heterocycles. The van der Waals surface area contributed by atoms with Gasteiger partial charge in [-0.05, 0) is 11.4 Å². The number of aromatic nitrogens is 3. The van der Waals surface area contributed by atoms with E-state index in [1.54, 1.807) is 0 Å². The summed E-state index contributed by atoms with van der Waals surface area (Å²) in [4.78, 5) is 26.5. The molecule has 7 nitrogen and oxygen atoms in total. The molecule has 0 saturated carbocycles. The lowest BCUT2D eigenvalue weighted by Crippen LogP contribution is -2.23. The van der Waals surface area contributed by atoms with Crippen molar-refractivity contribution in [3.8, 4) is 0 Å². The molecule has 2 amide bonds. The predicted octanol–water partition coefficient (Wildman–Crippen LogP) is 1.28. The van der Waals surface area contributed by atoms with Crippen LogP contribution in [0.15, 0.2) is 17.8 Å². The van der Waals surface area contributed by atoms with Gasteiger partial charge in [-0.1, -0.05) is 0 Å². The smallest absolute Gasteiger partial charge is 0.273 e. The molecule has 0 aliphatic rings. The Morgan fingerprint density at radius 1 is 1.48 bits per heavy atom. The second-order valence-corrected chi connectivity index (χ2v) is 4.84. The highest BCUT2D eigenvalue weighted by atomic mass is 32.1. The highest BCUT2D eigenvalue weighted by molar-refractivity contribution is 7.10. The van der Waals surface area contributed by atoms with Gasteiger partial charge in [0.15, 0.2) is 0 Å². The summed E-state index contributed by atoms with van der Waals surface area (Å²) in [6.07, 6.45) is -1.46. The third-order valence-electron chi connectivity index (χ3n) is 2.48. The Hall–Kier alpha value is -2.36. The molecule has 0 aliphatic carbocycles. The molecule has 2 N–H and O–H groups in total. The van der Waals surface area contributed by atoms with Gasteiger partial charge in [0, 0.05) is 7.05 Å². The van der Waals surface area contributed by atoms with Gasteiger partial charge in [0.2, 0.25) is 11.9 Å². The normalized spacial score (nSPS) is 10.7. The van der Waals surface area contributed by atoms with E-state index in [4.69, 9.17) is 0 Å². The topological polar surface area (TPSA) is 88.9 Å².